The molecule has 0 amide bonds. The molecule has 3 aromatic heterocycles. The number of hydrogen-bond donors (Lipinski definition) is 2. The third-order valence-electron chi connectivity index (χ3n) is 8.53. The van der Waals surface area contributed by atoms with Gasteiger partial charge in [0.15, 0.2) is 0 Å². The Bertz CT molecular complexity index is 1860. The molecule has 0 saturated heterocycles. The maximum Gasteiger partial charge on any atom is 2.00 e. The number of aliphatic carboxylic acids is 2. The number of carboxylic acid groups (broad SMARTS) is 2. The van der Waals surface area contributed by atoms with Crippen LogP contribution in [0.15, 0.2) is 24.3 Å². The van der Waals surface area contributed by atoms with Crippen LogP contribution in [0.2, 0.25) is 0 Å². The maximum absolute atomic E-state index is 11.5. The van der Waals surface area contributed by atoms with Crippen molar-refractivity contribution in [3.8, 4) is 0 Å². The number of allylic oxidation sites excluding steroid dienone is 4. The third-order valence-corrected chi connectivity index (χ3v) is 8.53. The zero-order valence-electron chi connectivity index (χ0n) is 25.4. The van der Waals surface area contributed by atoms with E-state index in [9.17, 15) is 19.8 Å². The Balaban J connectivity index is 0.00000423. The zero-order chi connectivity index (χ0) is 30.3. The fourth-order valence-electron chi connectivity index (χ4n) is 6.06. The molecule has 0 fully saturated rings. The topological polar surface area (TPSA) is 129 Å². The van der Waals surface area contributed by atoms with Crippen molar-refractivity contribution in [2.24, 2.45) is 0 Å². The molecule has 0 radical (unpaired) electrons. The van der Waals surface area contributed by atoms with E-state index in [1.54, 1.807) is 0 Å². The Morgan fingerprint density at radius 2 is 1.02 bits per heavy atom. The van der Waals surface area contributed by atoms with Crippen molar-refractivity contribution >= 4 is 56.3 Å². The van der Waals surface area contributed by atoms with Gasteiger partial charge in [0.25, 0.3) is 0 Å². The SMILES string of the molecule is CCC1=C(C)c2cc3[n-]c(cc4[n-]c(cc5nc(cc1n2)C(C)=C5CC)c(C)c4CCC(=O)O)c(CCC(=O)O)c3C.[Fe+2]. The summed E-state index contributed by atoms with van der Waals surface area (Å²) in [4.78, 5) is 43.1. The number of nitrogens with zero attached hydrogens (tertiary/aromatic N) is 4. The van der Waals surface area contributed by atoms with Gasteiger partial charge in [0.1, 0.15) is 0 Å². The van der Waals surface area contributed by atoms with E-state index in [1.165, 1.54) is 5.57 Å². The van der Waals surface area contributed by atoms with Crippen LogP contribution in [-0.4, -0.2) is 32.1 Å². The number of hydrogen-bond acceptors (Lipinski definition) is 4. The van der Waals surface area contributed by atoms with E-state index in [-0.39, 0.29) is 29.9 Å². The van der Waals surface area contributed by atoms with Crippen LogP contribution >= 0.6 is 0 Å². The molecule has 43 heavy (non-hydrogen) atoms. The molecule has 9 heteroatoms. The Labute approximate surface area is 261 Å². The van der Waals surface area contributed by atoms with Crippen LogP contribution in [0.1, 0.15) is 98.4 Å². The van der Waals surface area contributed by atoms with E-state index in [0.717, 1.165) is 85.6 Å². The normalized spacial score (nSPS) is 13.0. The summed E-state index contributed by atoms with van der Waals surface area (Å²) in [7, 11) is 0. The van der Waals surface area contributed by atoms with Crippen LogP contribution < -0.4 is 9.97 Å². The summed E-state index contributed by atoms with van der Waals surface area (Å²) in [5, 5.41) is 18.9. The molecule has 8 nitrogen and oxygen atoms in total. The molecule has 3 aromatic rings. The minimum absolute atomic E-state index is 0. The predicted octanol–water partition coefficient (Wildman–Crippen LogP) is 6.90. The monoisotopic (exact) mass is 620 g/mol. The molecule has 5 rings (SSSR count). The molecular weight excluding hydrogens is 584 g/mol. The molecule has 2 N–H and O–H groups in total. The summed E-state index contributed by atoms with van der Waals surface area (Å²) < 4.78 is 0. The van der Waals surface area contributed by atoms with Crippen molar-refractivity contribution in [2.45, 2.75) is 80.1 Å². The molecule has 0 spiro atoms. The first-order valence-corrected chi connectivity index (χ1v) is 14.5. The van der Waals surface area contributed by atoms with Gasteiger partial charge >= 0.3 is 29.0 Å². The van der Waals surface area contributed by atoms with Crippen LogP contribution in [-0.2, 0) is 39.5 Å². The predicted molar refractivity (Wildman–Crippen MR) is 166 cm³/mol. The van der Waals surface area contributed by atoms with Crippen molar-refractivity contribution < 1.29 is 36.9 Å². The average Bonchev–Trinajstić information content (AvgIpc) is 3.59. The van der Waals surface area contributed by atoms with Crippen molar-refractivity contribution in [2.75, 3.05) is 0 Å². The second-order valence-corrected chi connectivity index (χ2v) is 11.0. The zero-order valence-corrected chi connectivity index (χ0v) is 26.5. The summed E-state index contributed by atoms with van der Waals surface area (Å²) >= 11 is 0. The summed E-state index contributed by atoms with van der Waals surface area (Å²) in [6.45, 7) is 12.3. The van der Waals surface area contributed by atoms with Crippen LogP contribution in [0.4, 0.5) is 0 Å². The molecule has 0 aromatic carbocycles. The fraction of sp³-hybridized carbons (Fsp3) is 0.353. The summed E-state index contributed by atoms with van der Waals surface area (Å²) in [6.07, 6.45) is 2.23. The molecule has 2 aliphatic heterocycles. The van der Waals surface area contributed by atoms with Gasteiger partial charge in [0, 0.05) is 12.8 Å². The van der Waals surface area contributed by atoms with Crippen molar-refractivity contribution in [1.82, 2.24) is 19.9 Å². The van der Waals surface area contributed by atoms with E-state index in [1.807, 2.05) is 32.0 Å². The summed E-state index contributed by atoms with van der Waals surface area (Å²) in [5.74, 6) is -1.76. The third kappa shape index (κ3) is 6.10. The largest absolute Gasteiger partial charge is 2.00 e. The first-order chi connectivity index (χ1) is 20.0. The molecule has 0 aliphatic carbocycles. The number of carboxylic acids is 2. The van der Waals surface area contributed by atoms with Gasteiger partial charge in [-0.2, -0.15) is 0 Å². The van der Waals surface area contributed by atoms with Crippen LogP contribution in [0, 0.1) is 13.8 Å². The molecule has 0 saturated carbocycles. The molecule has 8 bridgehead atoms. The minimum Gasteiger partial charge on any atom is -0.657 e. The standard InChI is InChI=1S/C34H38N4O4.Fe/c1-7-21-17(3)25-13-26-19(5)23(9-11-33(39)40)31(37-26)16-32-24(10-12-34(41)42)20(6)28(38-32)15-30-22(8-2)18(4)27(36-30)14-29(21)35-25;/h13-16H,7-12H2,1-6H3,(H4,35,36,37,38,39,40,41,42);/q;+2/p-2. The smallest absolute Gasteiger partial charge is 0.657 e. The van der Waals surface area contributed by atoms with Crippen molar-refractivity contribution in [3.05, 3.63) is 69.3 Å². The molecule has 0 unspecified atom stereocenters. The minimum atomic E-state index is -0.878. The van der Waals surface area contributed by atoms with Crippen molar-refractivity contribution in [1.29, 1.82) is 0 Å². The molecule has 224 valence electrons. The van der Waals surface area contributed by atoms with Crippen LogP contribution in [0.5, 0.6) is 0 Å². The number of aryl methyl sites for hydroxylation is 4. The number of rotatable bonds is 8. The number of fused-ring (bicyclic) bond motifs is 8. The maximum atomic E-state index is 11.5. The molecular formula is C34H36FeN4O4. The Morgan fingerprint density at radius 3 is 1.44 bits per heavy atom. The van der Waals surface area contributed by atoms with Gasteiger partial charge in [-0.25, -0.2) is 9.97 Å². The molecule has 0 atom stereocenters. The van der Waals surface area contributed by atoms with E-state index < -0.39 is 11.9 Å². The van der Waals surface area contributed by atoms with Gasteiger partial charge in [-0.05, 0) is 81.7 Å². The summed E-state index contributed by atoms with van der Waals surface area (Å²) in [6, 6.07) is 7.93. The quantitative estimate of drug-likeness (QED) is 0.260. The van der Waals surface area contributed by atoms with Crippen molar-refractivity contribution in [3.63, 3.8) is 0 Å². The second kappa shape index (κ2) is 12.7. The fourth-order valence-corrected chi connectivity index (χ4v) is 6.06. The molecule has 5 heterocycles. The second-order valence-electron chi connectivity index (χ2n) is 11.0. The van der Waals surface area contributed by atoms with E-state index in [0.29, 0.717) is 23.9 Å². The van der Waals surface area contributed by atoms with E-state index >= 15 is 0 Å². The molecule has 2 aliphatic rings. The van der Waals surface area contributed by atoms with Crippen LogP contribution in [0.3, 0.4) is 0 Å². The van der Waals surface area contributed by atoms with Gasteiger partial charge < -0.3 is 20.2 Å². The van der Waals surface area contributed by atoms with Gasteiger partial charge in [0.05, 0.1) is 22.8 Å². The first kappa shape index (κ1) is 32.0. The first-order valence-electron chi connectivity index (χ1n) is 14.5. The van der Waals surface area contributed by atoms with Gasteiger partial charge in [0.2, 0.25) is 0 Å². The van der Waals surface area contributed by atoms with Gasteiger partial charge in [-0.1, -0.05) is 54.3 Å². The van der Waals surface area contributed by atoms with E-state index in [4.69, 9.17) is 19.9 Å². The Morgan fingerprint density at radius 1 is 0.628 bits per heavy atom. The average molecular weight is 621 g/mol. The summed E-state index contributed by atoms with van der Waals surface area (Å²) in [5.41, 5.74) is 14.3. The van der Waals surface area contributed by atoms with Crippen LogP contribution in [0.25, 0.3) is 44.4 Å². The van der Waals surface area contributed by atoms with Gasteiger partial charge in [-0.3, -0.25) is 9.59 Å². The van der Waals surface area contributed by atoms with E-state index in [2.05, 4.69) is 33.8 Å². The number of aromatic nitrogens is 4. The Kier molecular flexibility index (Phi) is 9.47. The van der Waals surface area contributed by atoms with Gasteiger partial charge in [-0.15, -0.1) is 22.1 Å². The Hall–Kier alpha value is -3.94. The number of carbonyl (C=O) groups is 2.